The van der Waals surface area contributed by atoms with Crippen LogP contribution in [0, 0.1) is 0 Å². The van der Waals surface area contributed by atoms with Gasteiger partial charge in [-0.05, 0) is 83.5 Å². The van der Waals surface area contributed by atoms with Crippen LogP contribution in [0.5, 0.6) is 0 Å². The molecule has 68 heavy (non-hydrogen) atoms. The largest absolute Gasteiger partial charge is 0.466 e. The van der Waals surface area contributed by atoms with Crippen molar-refractivity contribution in [1.29, 1.82) is 0 Å². The van der Waals surface area contributed by atoms with Crippen molar-refractivity contribution in [2.75, 3.05) is 13.2 Å². The first-order valence-electron chi connectivity index (χ1n) is 29.9. The van der Waals surface area contributed by atoms with Crippen LogP contribution in [-0.2, 0) is 14.3 Å². The van der Waals surface area contributed by atoms with Gasteiger partial charge in [0.15, 0.2) is 0 Å². The van der Waals surface area contributed by atoms with Crippen molar-refractivity contribution in [2.45, 2.75) is 321 Å². The van der Waals surface area contributed by atoms with Crippen LogP contribution in [-0.4, -0.2) is 47.4 Å². The second kappa shape index (κ2) is 57.4. The van der Waals surface area contributed by atoms with E-state index in [0.29, 0.717) is 19.4 Å². The van der Waals surface area contributed by atoms with Gasteiger partial charge in [-0.2, -0.15) is 0 Å². The highest BCUT2D eigenvalue weighted by molar-refractivity contribution is 5.76. The average Bonchev–Trinajstić information content (AvgIpc) is 3.34. The van der Waals surface area contributed by atoms with Crippen molar-refractivity contribution in [3.63, 3.8) is 0 Å². The number of hydrogen-bond acceptors (Lipinski definition) is 5. The molecule has 0 spiro atoms. The van der Waals surface area contributed by atoms with Crippen molar-refractivity contribution in [3.05, 3.63) is 48.6 Å². The molecule has 2 atom stereocenters. The van der Waals surface area contributed by atoms with E-state index in [2.05, 4.69) is 55.6 Å². The third-order valence-corrected chi connectivity index (χ3v) is 13.5. The zero-order valence-electron chi connectivity index (χ0n) is 45.3. The Kier molecular flexibility index (Phi) is 55.6. The molecule has 0 bridgehead atoms. The van der Waals surface area contributed by atoms with Gasteiger partial charge in [0, 0.05) is 12.8 Å². The third-order valence-electron chi connectivity index (χ3n) is 13.5. The maximum absolute atomic E-state index is 12.5. The maximum Gasteiger partial charge on any atom is 0.305 e. The molecule has 0 fully saturated rings. The van der Waals surface area contributed by atoms with Gasteiger partial charge in [0.2, 0.25) is 5.91 Å². The van der Waals surface area contributed by atoms with Crippen LogP contribution >= 0.6 is 0 Å². The van der Waals surface area contributed by atoms with E-state index in [4.69, 9.17) is 4.74 Å². The summed E-state index contributed by atoms with van der Waals surface area (Å²) in [5.74, 6) is -0.103. The summed E-state index contributed by atoms with van der Waals surface area (Å²) in [5, 5.41) is 23.2. The number of carbonyl (C=O) groups excluding carboxylic acids is 2. The normalized spacial score (nSPS) is 12.9. The van der Waals surface area contributed by atoms with E-state index in [1.165, 1.54) is 205 Å². The van der Waals surface area contributed by atoms with Crippen LogP contribution in [0.3, 0.4) is 0 Å². The molecule has 398 valence electrons. The van der Waals surface area contributed by atoms with Gasteiger partial charge in [0.25, 0.3) is 0 Å². The zero-order valence-corrected chi connectivity index (χ0v) is 45.3. The minimum Gasteiger partial charge on any atom is -0.466 e. The molecular formula is C62H115NO5. The van der Waals surface area contributed by atoms with Gasteiger partial charge < -0.3 is 20.3 Å². The van der Waals surface area contributed by atoms with Crippen LogP contribution in [0.2, 0.25) is 0 Å². The van der Waals surface area contributed by atoms with Gasteiger partial charge >= 0.3 is 5.97 Å². The molecule has 0 aliphatic heterocycles. The molecule has 2 unspecified atom stereocenters. The molecule has 0 aromatic heterocycles. The number of carbonyl (C=O) groups is 2. The van der Waals surface area contributed by atoms with Gasteiger partial charge in [-0.25, -0.2) is 0 Å². The molecule has 0 saturated heterocycles. The smallest absolute Gasteiger partial charge is 0.305 e. The Morgan fingerprint density at radius 2 is 0.765 bits per heavy atom. The van der Waals surface area contributed by atoms with Crippen LogP contribution in [0.15, 0.2) is 48.6 Å². The number of amides is 1. The highest BCUT2D eigenvalue weighted by atomic mass is 16.5. The third kappa shape index (κ3) is 53.2. The number of esters is 1. The number of hydrogen-bond donors (Lipinski definition) is 3. The topological polar surface area (TPSA) is 95.9 Å². The fraction of sp³-hybridized carbons (Fsp3) is 0.839. The van der Waals surface area contributed by atoms with Gasteiger partial charge in [-0.1, -0.05) is 262 Å². The SMILES string of the molecule is CCC/C=C\C/C=C\CCCCCCCC(=O)OCCCCCCCCC/C=C\CCCCCCCC(=O)NC(CO)C(O)/C=C/CCCCCCCCCCCCCCCCCCCCCC. The minimum atomic E-state index is -0.857. The summed E-state index contributed by atoms with van der Waals surface area (Å²) in [6, 6.07) is -0.642. The molecule has 0 heterocycles. The lowest BCUT2D eigenvalue weighted by Crippen LogP contribution is -2.45. The van der Waals surface area contributed by atoms with Crippen LogP contribution in [0.1, 0.15) is 309 Å². The minimum absolute atomic E-state index is 0.0194. The van der Waals surface area contributed by atoms with Crippen molar-refractivity contribution in [2.24, 2.45) is 0 Å². The summed E-state index contributed by atoms with van der Waals surface area (Å²) in [4.78, 5) is 24.5. The molecule has 0 rings (SSSR count). The van der Waals surface area contributed by atoms with E-state index in [0.717, 1.165) is 77.0 Å². The van der Waals surface area contributed by atoms with E-state index in [1.807, 2.05) is 6.08 Å². The fourth-order valence-corrected chi connectivity index (χ4v) is 8.96. The van der Waals surface area contributed by atoms with Crippen LogP contribution in [0.4, 0.5) is 0 Å². The van der Waals surface area contributed by atoms with Gasteiger partial charge in [-0.15, -0.1) is 0 Å². The van der Waals surface area contributed by atoms with E-state index in [-0.39, 0.29) is 18.5 Å². The monoisotopic (exact) mass is 954 g/mol. The van der Waals surface area contributed by atoms with Crippen molar-refractivity contribution in [3.8, 4) is 0 Å². The molecule has 0 aromatic rings. The van der Waals surface area contributed by atoms with Gasteiger partial charge in [-0.3, -0.25) is 9.59 Å². The number of ether oxygens (including phenoxy) is 1. The standard InChI is InChI=1S/C62H115NO5/c1-3-5-7-9-11-13-15-17-18-19-20-21-22-23-24-27-31-34-38-42-46-50-54-60(65)59(58-64)63-61(66)55-51-47-43-39-35-32-28-25-26-29-33-37-41-45-49-53-57-68-62(67)56-52-48-44-40-36-30-16-14-12-10-8-6-4-2/h8,10,14,16,25,28,50,54,59-60,64-65H,3-7,9,11-13,15,17-24,26-27,29-49,51-53,55-58H2,1-2H3,(H,63,66)/b10-8-,16-14-,28-25-,54-50+. The summed E-state index contributed by atoms with van der Waals surface area (Å²) < 4.78 is 5.45. The van der Waals surface area contributed by atoms with E-state index < -0.39 is 12.1 Å². The summed E-state index contributed by atoms with van der Waals surface area (Å²) in [5.41, 5.74) is 0. The van der Waals surface area contributed by atoms with Gasteiger partial charge in [0.05, 0.1) is 25.4 Å². The number of nitrogens with one attached hydrogen (secondary N) is 1. The molecule has 0 aliphatic carbocycles. The Morgan fingerprint density at radius 1 is 0.412 bits per heavy atom. The molecule has 0 saturated carbocycles. The van der Waals surface area contributed by atoms with E-state index >= 15 is 0 Å². The summed E-state index contributed by atoms with van der Waals surface area (Å²) >= 11 is 0. The molecule has 0 aliphatic rings. The molecule has 6 nitrogen and oxygen atoms in total. The first-order chi connectivity index (χ1) is 33.5. The maximum atomic E-state index is 12.5. The fourth-order valence-electron chi connectivity index (χ4n) is 8.96. The molecular weight excluding hydrogens is 839 g/mol. The number of aliphatic hydroxyl groups excluding tert-OH is 2. The Balaban J connectivity index is 3.51. The van der Waals surface area contributed by atoms with Crippen LogP contribution < -0.4 is 5.32 Å². The average molecular weight is 955 g/mol. The predicted molar refractivity (Wildman–Crippen MR) is 296 cm³/mol. The van der Waals surface area contributed by atoms with Crippen LogP contribution in [0.25, 0.3) is 0 Å². The first-order valence-corrected chi connectivity index (χ1v) is 29.9. The predicted octanol–water partition coefficient (Wildman–Crippen LogP) is 18.6. The molecule has 6 heteroatoms. The highest BCUT2D eigenvalue weighted by Crippen LogP contribution is 2.17. The Hall–Kier alpha value is -2.18. The van der Waals surface area contributed by atoms with Gasteiger partial charge in [0.1, 0.15) is 0 Å². The number of rotatable bonds is 55. The quantitative estimate of drug-likeness (QED) is 0.0321. The molecule has 3 N–H and O–H groups in total. The molecule has 1 amide bonds. The van der Waals surface area contributed by atoms with Crippen molar-refractivity contribution < 1.29 is 24.5 Å². The zero-order chi connectivity index (χ0) is 49.3. The Labute approximate surface area is 423 Å². The lowest BCUT2D eigenvalue weighted by atomic mass is 10.0. The van der Waals surface area contributed by atoms with E-state index in [1.54, 1.807) is 6.08 Å². The second-order valence-electron chi connectivity index (χ2n) is 20.3. The Bertz CT molecular complexity index is 1150. The number of unbranched alkanes of at least 4 members (excludes halogenated alkanes) is 38. The second-order valence-corrected chi connectivity index (χ2v) is 20.3. The first kappa shape index (κ1) is 65.8. The van der Waals surface area contributed by atoms with Crippen molar-refractivity contribution >= 4 is 11.9 Å². The summed E-state index contributed by atoms with van der Waals surface area (Å²) in [7, 11) is 0. The number of aliphatic hydroxyl groups is 2. The summed E-state index contributed by atoms with van der Waals surface area (Å²) in [6.07, 6.45) is 72.8. The highest BCUT2D eigenvalue weighted by Gasteiger charge is 2.18. The Morgan fingerprint density at radius 3 is 1.19 bits per heavy atom. The summed E-state index contributed by atoms with van der Waals surface area (Å²) in [6.45, 7) is 4.82. The van der Waals surface area contributed by atoms with Crippen molar-refractivity contribution in [1.82, 2.24) is 5.32 Å². The number of allylic oxidation sites excluding steroid dienone is 7. The lowest BCUT2D eigenvalue weighted by Gasteiger charge is -2.20. The van der Waals surface area contributed by atoms with E-state index in [9.17, 15) is 19.8 Å². The lowest BCUT2D eigenvalue weighted by molar-refractivity contribution is -0.143. The molecule has 0 aromatic carbocycles. The molecule has 0 radical (unpaired) electrons.